The number of anilines is 1. The van der Waals surface area contributed by atoms with E-state index >= 15 is 0 Å². The first kappa shape index (κ1) is 12.2. The van der Waals surface area contributed by atoms with Crippen molar-refractivity contribution in [1.29, 1.82) is 0 Å². The van der Waals surface area contributed by atoms with Gasteiger partial charge >= 0.3 is 0 Å². The van der Waals surface area contributed by atoms with E-state index in [1.165, 1.54) is 0 Å². The Bertz CT molecular complexity index is 388. The third kappa shape index (κ3) is 4.13. The zero-order valence-electron chi connectivity index (χ0n) is 10.1. The van der Waals surface area contributed by atoms with Crippen LogP contribution in [-0.2, 0) is 0 Å². The van der Waals surface area contributed by atoms with Gasteiger partial charge in [-0.15, -0.1) is 0 Å². The third-order valence-corrected chi connectivity index (χ3v) is 2.12. The highest BCUT2D eigenvalue weighted by molar-refractivity contribution is 5.79. The maximum atomic E-state index is 4.35. The highest BCUT2D eigenvalue weighted by Gasteiger charge is 1.94. The lowest BCUT2D eigenvalue weighted by molar-refractivity contribution is 1.02. The minimum atomic E-state index is 1.08. The molecule has 0 aliphatic rings. The van der Waals surface area contributed by atoms with Crippen molar-refractivity contribution in [2.75, 3.05) is 12.1 Å². The van der Waals surface area contributed by atoms with Crippen molar-refractivity contribution in [2.45, 2.75) is 13.8 Å². The number of benzene rings is 1. The Morgan fingerprint density at radius 1 is 1.25 bits per heavy atom. The second-order valence-corrected chi connectivity index (χ2v) is 3.54. The Balaban J connectivity index is 2.64. The fraction of sp³-hybridized carbons (Fsp3) is 0.214. The lowest BCUT2D eigenvalue weighted by Gasteiger charge is -2.11. The van der Waals surface area contributed by atoms with E-state index in [9.17, 15) is 0 Å². The molecule has 0 aromatic heterocycles. The Morgan fingerprint density at radius 2 is 1.94 bits per heavy atom. The standard InChI is InChI=1S/C14H18N2/c1-4-5-9-13(2)12-15-16(3)14-10-7-6-8-11-14/h4-12H,1-3H3. The molecule has 84 valence electrons. The molecule has 0 N–H and O–H groups in total. The molecule has 1 aromatic carbocycles. The van der Waals surface area contributed by atoms with Crippen LogP contribution in [0.5, 0.6) is 0 Å². The summed E-state index contributed by atoms with van der Waals surface area (Å²) in [6.45, 7) is 4.03. The van der Waals surface area contributed by atoms with Crippen molar-refractivity contribution < 1.29 is 0 Å². The maximum absolute atomic E-state index is 4.35. The number of hydrogen-bond acceptors (Lipinski definition) is 2. The van der Waals surface area contributed by atoms with E-state index in [0.717, 1.165) is 11.3 Å². The number of nitrogens with zero attached hydrogens (tertiary/aromatic N) is 2. The SMILES string of the molecule is CC=CC=C(C)C=NN(C)c1ccccc1. The Labute approximate surface area is 97.6 Å². The molecule has 0 spiro atoms. The summed E-state index contributed by atoms with van der Waals surface area (Å²) in [7, 11) is 1.94. The van der Waals surface area contributed by atoms with Crippen LogP contribution in [0.4, 0.5) is 5.69 Å². The molecule has 0 amide bonds. The lowest BCUT2D eigenvalue weighted by Crippen LogP contribution is -2.08. The smallest absolute Gasteiger partial charge is 0.0590 e. The molecule has 1 rings (SSSR count). The van der Waals surface area contributed by atoms with E-state index in [4.69, 9.17) is 0 Å². The number of rotatable bonds is 4. The van der Waals surface area contributed by atoms with E-state index in [1.54, 1.807) is 0 Å². The van der Waals surface area contributed by atoms with Crippen LogP contribution in [0.2, 0.25) is 0 Å². The molecule has 0 heterocycles. The molecule has 0 bridgehead atoms. The molecular formula is C14H18N2. The quantitative estimate of drug-likeness (QED) is 0.424. The average Bonchev–Trinajstić information content (AvgIpc) is 2.34. The van der Waals surface area contributed by atoms with Gasteiger partial charge in [0.2, 0.25) is 0 Å². The van der Waals surface area contributed by atoms with Crippen molar-refractivity contribution in [3.05, 3.63) is 54.1 Å². The largest absolute Gasteiger partial charge is 0.269 e. The van der Waals surface area contributed by atoms with Crippen LogP contribution in [0.15, 0.2) is 59.2 Å². The molecule has 1 aromatic rings. The second kappa shape index (κ2) is 6.62. The summed E-state index contributed by atoms with van der Waals surface area (Å²) >= 11 is 0. The second-order valence-electron chi connectivity index (χ2n) is 3.54. The molecular weight excluding hydrogens is 196 g/mol. The number of allylic oxidation sites excluding steroid dienone is 4. The van der Waals surface area contributed by atoms with Gasteiger partial charge in [-0.3, -0.25) is 5.01 Å². The Kier molecular flexibility index (Phi) is 5.06. The maximum Gasteiger partial charge on any atom is 0.0590 e. The van der Waals surface area contributed by atoms with Crippen molar-refractivity contribution in [1.82, 2.24) is 0 Å². The molecule has 0 atom stereocenters. The molecule has 0 aliphatic carbocycles. The van der Waals surface area contributed by atoms with Crippen molar-refractivity contribution >= 4 is 11.9 Å². The topological polar surface area (TPSA) is 15.6 Å². The highest BCUT2D eigenvalue weighted by Crippen LogP contribution is 2.10. The van der Waals surface area contributed by atoms with Gasteiger partial charge in [-0.1, -0.05) is 36.4 Å². The van der Waals surface area contributed by atoms with Gasteiger partial charge in [-0.2, -0.15) is 5.10 Å². The molecule has 0 radical (unpaired) electrons. The first-order valence-corrected chi connectivity index (χ1v) is 5.36. The normalized spacial score (nSPS) is 12.6. The summed E-state index contributed by atoms with van der Waals surface area (Å²) in [5.74, 6) is 0. The Morgan fingerprint density at radius 3 is 2.56 bits per heavy atom. The molecule has 0 aliphatic heterocycles. The van der Waals surface area contributed by atoms with Crippen molar-refractivity contribution in [3.63, 3.8) is 0 Å². The molecule has 16 heavy (non-hydrogen) atoms. The summed E-state index contributed by atoms with van der Waals surface area (Å²) in [6, 6.07) is 10.1. The monoisotopic (exact) mass is 214 g/mol. The summed E-state index contributed by atoms with van der Waals surface area (Å²) in [5.41, 5.74) is 2.21. The van der Waals surface area contributed by atoms with E-state index < -0.39 is 0 Å². The zero-order valence-corrected chi connectivity index (χ0v) is 10.1. The summed E-state index contributed by atoms with van der Waals surface area (Å²) in [4.78, 5) is 0. The first-order chi connectivity index (χ1) is 7.74. The Hall–Kier alpha value is -1.83. The fourth-order valence-electron chi connectivity index (χ4n) is 1.18. The molecule has 0 unspecified atom stereocenters. The van der Waals surface area contributed by atoms with Crippen LogP contribution in [-0.4, -0.2) is 13.3 Å². The van der Waals surface area contributed by atoms with Crippen molar-refractivity contribution in [3.8, 4) is 0 Å². The average molecular weight is 214 g/mol. The van der Waals surface area contributed by atoms with E-state index in [2.05, 4.69) is 5.10 Å². The summed E-state index contributed by atoms with van der Waals surface area (Å²) < 4.78 is 0. The predicted octanol–water partition coefficient (Wildman–Crippen LogP) is 3.63. The fourth-order valence-corrected chi connectivity index (χ4v) is 1.18. The van der Waals surface area contributed by atoms with Crippen LogP contribution in [0.3, 0.4) is 0 Å². The molecule has 2 nitrogen and oxygen atoms in total. The van der Waals surface area contributed by atoms with E-state index in [-0.39, 0.29) is 0 Å². The van der Waals surface area contributed by atoms with Gasteiger partial charge in [0.05, 0.1) is 11.9 Å². The highest BCUT2D eigenvalue weighted by atomic mass is 15.4. The zero-order chi connectivity index (χ0) is 11.8. The third-order valence-electron chi connectivity index (χ3n) is 2.12. The van der Waals surface area contributed by atoms with Gasteiger partial charge in [0.15, 0.2) is 0 Å². The van der Waals surface area contributed by atoms with Crippen LogP contribution >= 0.6 is 0 Å². The van der Waals surface area contributed by atoms with Gasteiger partial charge in [0.25, 0.3) is 0 Å². The molecule has 0 saturated heterocycles. The number of hydrazone groups is 1. The van der Waals surface area contributed by atoms with Crippen LogP contribution in [0.25, 0.3) is 0 Å². The molecule has 0 fully saturated rings. The van der Waals surface area contributed by atoms with Crippen LogP contribution in [0, 0.1) is 0 Å². The van der Waals surface area contributed by atoms with E-state index in [0.29, 0.717) is 0 Å². The summed E-state index contributed by atoms with van der Waals surface area (Å²) in [6.07, 6.45) is 7.89. The first-order valence-electron chi connectivity index (χ1n) is 5.36. The van der Waals surface area contributed by atoms with Crippen LogP contribution < -0.4 is 5.01 Å². The van der Waals surface area contributed by atoms with Gasteiger partial charge in [0.1, 0.15) is 0 Å². The van der Waals surface area contributed by atoms with E-state index in [1.807, 2.05) is 80.7 Å². The molecule has 0 saturated carbocycles. The van der Waals surface area contributed by atoms with Crippen molar-refractivity contribution in [2.24, 2.45) is 5.10 Å². The minimum absolute atomic E-state index is 1.08. The summed E-state index contributed by atoms with van der Waals surface area (Å²) in [5, 5.41) is 6.21. The minimum Gasteiger partial charge on any atom is -0.269 e. The predicted molar refractivity (Wildman–Crippen MR) is 71.9 cm³/mol. The van der Waals surface area contributed by atoms with Gasteiger partial charge in [0, 0.05) is 7.05 Å². The number of hydrogen-bond donors (Lipinski definition) is 0. The van der Waals surface area contributed by atoms with Crippen LogP contribution in [0.1, 0.15) is 13.8 Å². The number of para-hydroxylation sites is 1. The van der Waals surface area contributed by atoms with Gasteiger partial charge < -0.3 is 0 Å². The lowest BCUT2D eigenvalue weighted by atomic mass is 10.3. The van der Waals surface area contributed by atoms with Gasteiger partial charge in [-0.05, 0) is 31.6 Å². The molecule has 2 heteroatoms. The van der Waals surface area contributed by atoms with Gasteiger partial charge in [-0.25, -0.2) is 0 Å².